The Labute approximate surface area is 180 Å². The zero-order valence-corrected chi connectivity index (χ0v) is 18.7. The number of thioether (sulfide) groups is 1. The topological polar surface area (TPSA) is 73.8 Å². The summed E-state index contributed by atoms with van der Waals surface area (Å²) in [5.74, 6) is -0.302. The van der Waals surface area contributed by atoms with Gasteiger partial charge in [-0.05, 0) is 81.1 Å². The number of hydrogen-bond acceptors (Lipinski definition) is 4. The molecule has 0 unspecified atom stereocenters. The predicted octanol–water partition coefficient (Wildman–Crippen LogP) is 5.13. The van der Waals surface area contributed by atoms with Gasteiger partial charge in [-0.25, -0.2) is 0 Å². The molecule has 1 N–H and O–H groups in total. The second-order valence-electron chi connectivity index (χ2n) is 7.67. The molecule has 7 heteroatoms. The van der Waals surface area contributed by atoms with Gasteiger partial charge in [0.05, 0.1) is 11.3 Å². The molecule has 2 aromatic rings. The number of aliphatic imine (C=N–C) groups is 1. The van der Waals surface area contributed by atoms with Gasteiger partial charge in [-0.1, -0.05) is 25.1 Å². The van der Waals surface area contributed by atoms with Crippen molar-refractivity contribution < 1.29 is 4.79 Å². The van der Waals surface area contributed by atoms with Gasteiger partial charge >= 0.3 is 0 Å². The van der Waals surface area contributed by atoms with Crippen molar-refractivity contribution >= 4 is 39.8 Å². The van der Waals surface area contributed by atoms with Gasteiger partial charge in [-0.3, -0.25) is 10.2 Å². The summed E-state index contributed by atoms with van der Waals surface area (Å²) in [4.78, 5) is 16.9. The number of amidine groups is 2. The average Bonchev–Trinajstić information content (AvgIpc) is 3.20. The minimum absolute atomic E-state index is 0.0838. The van der Waals surface area contributed by atoms with Crippen LogP contribution < -0.4 is 0 Å². The molecule has 154 valence electrons. The highest BCUT2D eigenvalue weighted by atomic mass is 32.2. The summed E-state index contributed by atoms with van der Waals surface area (Å²) < 4.78 is 2.21. The smallest absolute Gasteiger partial charge is 0.283 e. The van der Waals surface area contributed by atoms with Crippen LogP contribution in [0.25, 0.3) is 11.8 Å². The van der Waals surface area contributed by atoms with Crippen LogP contribution in [0.1, 0.15) is 47.8 Å². The summed E-state index contributed by atoms with van der Waals surface area (Å²) in [6, 6.07) is 8.32. The van der Waals surface area contributed by atoms with Crippen LogP contribution in [-0.4, -0.2) is 31.5 Å². The molecule has 0 saturated carbocycles. The van der Waals surface area contributed by atoms with Crippen molar-refractivity contribution in [2.75, 3.05) is 0 Å². The summed E-state index contributed by atoms with van der Waals surface area (Å²) in [5.41, 5.74) is 6.83. The minimum Gasteiger partial charge on any atom is -0.317 e. The van der Waals surface area contributed by atoms with Crippen LogP contribution >= 0.6 is 11.8 Å². The van der Waals surface area contributed by atoms with E-state index in [-0.39, 0.29) is 17.3 Å². The van der Waals surface area contributed by atoms with Crippen LogP contribution in [-0.2, 0) is 4.79 Å². The molecule has 1 aromatic heterocycles. The van der Waals surface area contributed by atoms with E-state index in [9.17, 15) is 4.79 Å². The fourth-order valence-electron chi connectivity index (χ4n) is 3.94. The number of nitrogens with one attached hydrogen (secondary N) is 1. The fraction of sp³-hybridized carbons (Fsp3) is 0.304. The Kier molecular flexibility index (Phi) is 5.24. The molecule has 0 bridgehead atoms. The Morgan fingerprint density at radius 2 is 1.87 bits per heavy atom. The molecule has 0 fully saturated rings. The number of nitrogens with zero attached hydrogens (tertiary/aromatic N) is 4. The lowest BCUT2D eigenvalue weighted by molar-refractivity contribution is -0.114. The zero-order chi connectivity index (χ0) is 21.6. The Hall–Kier alpha value is -2.93. The van der Waals surface area contributed by atoms with Gasteiger partial charge in [0.25, 0.3) is 5.91 Å². The molecule has 1 aromatic carbocycles. The highest BCUT2D eigenvalue weighted by molar-refractivity contribution is 8.26. The van der Waals surface area contributed by atoms with Crippen LogP contribution in [0.2, 0.25) is 0 Å². The molecule has 0 aliphatic carbocycles. The van der Waals surface area contributed by atoms with Crippen molar-refractivity contribution in [3.05, 3.63) is 57.9 Å². The summed E-state index contributed by atoms with van der Waals surface area (Å²) in [6.45, 7) is 10.4. The lowest BCUT2D eigenvalue weighted by Gasteiger charge is -2.20. The van der Waals surface area contributed by atoms with E-state index >= 15 is 0 Å². The quantitative estimate of drug-likeness (QED) is 0.698. The van der Waals surface area contributed by atoms with E-state index in [2.05, 4.69) is 66.6 Å². The molecule has 0 spiro atoms. The van der Waals surface area contributed by atoms with Crippen LogP contribution in [0.4, 0.5) is 0 Å². The minimum atomic E-state index is -0.386. The first-order valence-electron chi connectivity index (χ1n) is 10.1. The molecule has 6 nitrogen and oxygen atoms in total. The van der Waals surface area contributed by atoms with Gasteiger partial charge in [0.15, 0.2) is 5.84 Å². The van der Waals surface area contributed by atoms with E-state index < -0.39 is 0 Å². The lowest BCUT2D eigenvalue weighted by Crippen LogP contribution is -2.35. The Morgan fingerprint density at radius 1 is 1.17 bits per heavy atom. The Bertz CT molecular complexity index is 1150. The van der Waals surface area contributed by atoms with Crippen LogP contribution in [0.3, 0.4) is 0 Å². The first-order valence-corrected chi connectivity index (χ1v) is 10.9. The van der Waals surface area contributed by atoms with E-state index in [0.717, 1.165) is 40.5 Å². The van der Waals surface area contributed by atoms with Gasteiger partial charge in [-0.2, -0.15) is 15.1 Å². The number of carbonyl (C=O) groups excluding carboxylic acids is 1. The SMILES string of the molecule is CCCC1=NN2C(=N)/C(=C\c3cc(C)n(-c4c(C)cccc4C)c3C)C(=O)N=C2S1. The number of para-hydroxylation sites is 1. The first-order chi connectivity index (χ1) is 14.3. The second-order valence-corrected chi connectivity index (χ2v) is 8.71. The molecule has 30 heavy (non-hydrogen) atoms. The maximum atomic E-state index is 12.7. The van der Waals surface area contributed by atoms with E-state index in [4.69, 9.17) is 5.41 Å². The highest BCUT2D eigenvalue weighted by Crippen LogP contribution is 2.31. The lowest BCUT2D eigenvalue weighted by atomic mass is 10.1. The van der Waals surface area contributed by atoms with Crippen molar-refractivity contribution in [1.29, 1.82) is 5.41 Å². The van der Waals surface area contributed by atoms with E-state index in [1.165, 1.54) is 27.9 Å². The molecule has 4 rings (SSSR count). The number of carbonyl (C=O) groups is 1. The molecule has 1 amide bonds. The molecule has 0 saturated heterocycles. The highest BCUT2D eigenvalue weighted by Gasteiger charge is 2.35. The number of hydrazone groups is 1. The third-order valence-corrected chi connectivity index (χ3v) is 6.36. The third-order valence-electron chi connectivity index (χ3n) is 5.39. The van der Waals surface area contributed by atoms with Gasteiger partial charge in [0.2, 0.25) is 5.17 Å². The normalized spacial score (nSPS) is 17.5. The number of aromatic nitrogens is 1. The molecule has 0 radical (unpaired) electrons. The number of fused-ring (bicyclic) bond motifs is 1. The molecular formula is C23H25N5OS. The third kappa shape index (κ3) is 3.33. The number of benzene rings is 1. The van der Waals surface area contributed by atoms with Crippen molar-refractivity contribution in [3.63, 3.8) is 0 Å². The number of aryl methyl sites for hydroxylation is 3. The molecule has 3 heterocycles. The molecule has 2 aliphatic heterocycles. The summed E-state index contributed by atoms with van der Waals surface area (Å²) >= 11 is 1.38. The summed E-state index contributed by atoms with van der Waals surface area (Å²) in [5, 5.41) is 15.9. The zero-order valence-electron chi connectivity index (χ0n) is 17.9. The number of rotatable bonds is 4. The molecular weight excluding hydrogens is 394 g/mol. The Balaban J connectivity index is 1.77. The van der Waals surface area contributed by atoms with Crippen molar-refractivity contribution in [2.24, 2.45) is 10.1 Å². The van der Waals surface area contributed by atoms with E-state index in [1.807, 2.05) is 6.92 Å². The van der Waals surface area contributed by atoms with Gasteiger partial charge in [-0.15, -0.1) is 0 Å². The van der Waals surface area contributed by atoms with Crippen LogP contribution in [0.5, 0.6) is 0 Å². The molecule has 2 aliphatic rings. The second kappa shape index (κ2) is 7.72. The van der Waals surface area contributed by atoms with Crippen LogP contribution in [0.15, 0.2) is 39.9 Å². The molecule has 0 atom stereocenters. The van der Waals surface area contributed by atoms with Crippen molar-refractivity contribution in [1.82, 2.24) is 9.58 Å². The van der Waals surface area contributed by atoms with Gasteiger partial charge < -0.3 is 4.57 Å². The van der Waals surface area contributed by atoms with E-state index in [0.29, 0.717) is 5.17 Å². The largest absolute Gasteiger partial charge is 0.317 e. The fourth-order valence-corrected chi connectivity index (χ4v) is 4.92. The van der Waals surface area contributed by atoms with Gasteiger partial charge in [0, 0.05) is 11.4 Å². The van der Waals surface area contributed by atoms with Crippen LogP contribution in [0, 0.1) is 33.1 Å². The monoisotopic (exact) mass is 419 g/mol. The first kappa shape index (κ1) is 20.3. The summed E-state index contributed by atoms with van der Waals surface area (Å²) in [6.07, 6.45) is 3.55. The standard InChI is InChI=1S/C23H25N5OS/c1-6-8-19-26-28-21(24)18(22(29)25-23(28)30-19)12-17-11-15(4)27(16(17)5)20-13(2)9-7-10-14(20)3/h7,9-12,24H,6,8H2,1-5H3/b18-12+,24-21?. The summed E-state index contributed by atoms with van der Waals surface area (Å²) in [7, 11) is 0. The van der Waals surface area contributed by atoms with Crippen molar-refractivity contribution in [3.8, 4) is 5.69 Å². The number of amides is 1. The van der Waals surface area contributed by atoms with Crippen molar-refractivity contribution in [2.45, 2.75) is 47.5 Å². The maximum absolute atomic E-state index is 12.7. The predicted molar refractivity (Wildman–Crippen MR) is 125 cm³/mol. The van der Waals surface area contributed by atoms with Gasteiger partial charge in [0.1, 0.15) is 5.04 Å². The van der Waals surface area contributed by atoms with E-state index in [1.54, 1.807) is 6.08 Å². The number of hydrogen-bond donors (Lipinski definition) is 1. The maximum Gasteiger partial charge on any atom is 0.283 e. The average molecular weight is 420 g/mol. The Morgan fingerprint density at radius 3 is 2.53 bits per heavy atom.